The average molecular weight is 304 g/mol. The molecule has 1 atom stereocenters. The van der Waals surface area contributed by atoms with Gasteiger partial charge >= 0.3 is 0 Å². The molecule has 0 aliphatic rings. The number of benzene rings is 1. The van der Waals surface area contributed by atoms with Gasteiger partial charge in [0.2, 0.25) is 0 Å². The third kappa shape index (κ3) is 5.58. The second kappa shape index (κ2) is 8.27. The summed E-state index contributed by atoms with van der Waals surface area (Å²) in [7, 11) is 0. The van der Waals surface area contributed by atoms with E-state index in [4.69, 9.17) is 0 Å². The summed E-state index contributed by atoms with van der Waals surface area (Å²) in [6.45, 7) is 6.00. The van der Waals surface area contributed by atoms with Gasteiger partial charge in [-0.3, -0.25) is 4.90 Å². The minimum absolute atomic E-state index is 0.328. The van der Waals surface area contributed by atoms with Crippen molar-refractivity contribution in [2.24, 2.45) is 0 Å². The minimum atomic E-state index is -0.328. The number of hydrogen-bond acceptors (Lipinski definition) is 4. The van der Waals surface area contributed by atoms with Crippen molar-refractivity contribution in [3.8, 4) is 0 Å². The van der Waals surface area contributed by atoms with E-state index < -0.39 is 0 Å². The molecule has 1 aromatic heterocycles. The Labute approximate surface area is 131 Å². The summed E-state index contributed by atoms with van der Waals surface area (Å²) in [6.07, 6.45) is 3.19. The van der Waals surface area contributed by atoms with Crippen LogP contribution in [0.25, 0.3) is 0 Å². The molecule has 0 amide bonds. The Hall–Kier alpha value is -1.23. The van der Waals surface area contributed by atoms with Crippen molar-refractivity contribution in [1.29, 1.82) is 0 Å². The predicted molar refractivity (Wildman–Crippen MR) is 88.7 cm³/mol. The van der Waals surface area contributed by atoms with E-state index in [1.165, 1.54) is 5.56 Å². The molecule has 0 radical (unpaired) electrons. The number of aromatic nitrogens is 1. The van der Waals surface area contributed by atoms with Gasteiger partial charge in [-0.2, -0.15) is 0 Å². The number of thiazole rings is 1. The largest absolute Gasteiger partial charge is 0.391 e. The van der Waals surface area contributed by atoms with Gasteiger partial charge in [0, 0.05) is 37.1 Å². The van der Waals surface area contributed by atoms with Crippen LogP contribution in [0.3, 0.4) is 0 Å². The lowest BCUT2D eigenvalue weighted by molar-refractivity contribution is 0.0961. The highest BCUT2D eigenvalue weighted by atomic mass is 32.1. The number of nitrogens with zero attached hydrogens (tertiary/aromatic N) is 2. The molecule has 1 heterocycles. The summed E-state index contributed by atoms with van der Waals surface area (Å²) in [5.41, 5.74) is 1.19. The standard InChI is InChI=1S/C17H24N2OS/c1-14(2)19(10-8-17-18-9-11-21-17)13-16(20)12-15-6-4-3-5-7-15/h3-7,9,11,14,16,20H,8,10,12-13H2,1-2H3/t16-/m0/s1. The van der Waals surface area contributed by atoms with Crippen molar-refractivity contribution in [3.63, 3.8) is 0 Å². The number of aliphatic hydroxyl groups is 1. The fourth-order valence-corrected chi connectivity index (χ4v) is 3.01. The van der Waals surface area contributed by atoms with Gasteiger partial charge in [-0.05, 0) is 25.8 Å². The molecule has 2 aromatic rings. The highest BCUT2D eigenvalue weighted by Gasteiger charge is 2.15. The summed E-state index contributed by atoms with van der Waals surface area (Å²) in [4.78, 5) is 6.65. The van der Waals surface area contributed by atoms with E-state index in [0.717, 1.165) is 18.0 Å². The molecule has 0 saturated heterocycles. The van der Waals surface area contributed by atoms with E-state index in [-0.39, 0.29) is 6.10 Å². The third-order valence-corrected chi connectivity index (χ3v) is 4.43. The molecule has 0 spiro atoms. The molecule has 0 aliphatic heterocycles. The van der Waals surface area contributed by atoms with Crippen LogP contribution in [0.2, 0.25) is 0 Å². The van der Waals surface area contributed by atoms with Gasteiger partial charge in [0.25, 0.3) is 0 Å². The second-order valence-corrected chi connectivity index (χ2v) is 6.59. The second-order valence-electron chi connectivity index (χ2n) is 5.61. The van der Waals surface area contributed by atoms with Crippen molar-refractivity contribution in [2.45, 2.75) is 38.8 Å². The lowest BCUT2D eigenvalue weighted by Crippen LogP contribution is -2.39. The molecule has 3 nitrogen and oxygen atoms in total. The number of hydrogen-bond donors (Lipinski definition) is 1. The number of aliphatic hydroxyl groups excluding tert-OH is 1. The van der Waals surface area contributed by atoms with E-state index in [2.05, 4.69) is 35.9 Å². The lowest BCUT2D eigenvalue weighted by atomic mass is 10.1. The zero-order valence-electron chi connectivity index (χ0n) is 12.8. The van der Waals surface area contributed by atoms with E-state index in [9.17, 15) is 5.11 Å². The van der Waals surface area contributed by atoms with Crippen molar-refractivity contribution in [3.05, 3.63) is 52.5 Å². The van der Waals surface area contributed by atoms with Crippen LogP contribution in [0.4, 0.5) is 0 Å². The van der Waals surface area contributed by atoms with Crippen molar-refractivity contribution < 1.29 is 5.11 Å². The molecular formula is C17H24N2OS. The molecule has 0 fully saturated rings. The Morgan fingerprint density at radius 2 is 2.00 bits per heavy atom. The first kappa shape index (κ1) is 16.1. The number of rotatable bonds is 8. The molecule has 114 valence electrons. The average Bonchev–Trinajstić information content (AvgIpc) is 2.97. The Balaban J connectivity index is 1.84. The van der Waals surface area contributed by atoms with E-state index >= 15 is 0 Å². The summed E-state index contributed by atoms with van der Waals surface area (Å²) in [5, 5.41) is 13.5. The SMILES string of the molecule is CC(C)N(CCc1nccs1)C[C@@H](O)Cc1ccccc1. The van der Waals surface area contributed by atoms with Crippen LogP contribution < -0.4 is 0 Å². The fourth-order valence-electron chi connectivity index (χ4n) is 2.40. The maximum absolute atomic E-state index is 10.3. The molecule has 0 aliphatic carbocycles. The molecule has 0 bridgehead atoms. The minimum Gasteiger partial charge on any atom is -0.391 e. The summed E-state index contributed by atoms with van der Waals surface area (Å²) >= 11 is 1.70. The molecule has 0 unspecified atom stereocenters. The topological polar surface area (TPSA) is 36.4 Å². The first-order valence-corrected chi connectivity index (χ1v) is 8.37. The molecule has 4 heteroatoms. The summed E-state index contributed by atoms with van der Waals surface area (Å²) < 4.78 is 0. The van der Waals surface area contributed by atoms with Crippen molar-refractivity contribution >= 4 is 11.3 Å². The zero-order valence-corrected chi connectivity index (χ0v) is 13.6. The lowest BCUT2D eigenvalue weighted by Gasteiger charge is -2.28. The van der Waals surface area contributed by atoms with Crippen molar-refractivity contribution in [2.75, 3.05) is 13.1 Å². The third-order valence-electron chi connectivity index (χ3n) is 3.59. The highest BCUT2D eigenvalue weighted by molar-refractivity contribution is 7.09. The fraction of sp³-hybridized carbons (Fsp3) is 0.471. The predicted octanol–water partition coefficient (Wildman–Crippen LogP) is 3.00. The van der Waals surface area contributed by atoms with Crippen LogP contribution in [0, 0.1) is 0 Å². The van der Waals surface area contributed by atoms with Crippen LogP contribution in [0.5, 0.6) is 0 Å². The van der Waals surface area contributed by atoms with E-state index in [1.54, 1.807) is 11.3 Å². The van der Waals surface area contributed by atoms with Gasteiger partial charge in [0.1, 0.15) is 0 Å². The quantitative estimate of drug-likeness (QED) is 0.814. The Kier molecular flexibility index (Phi) is 6.36. The van der Waals surface area contributed by atoms with Gasteiger partial charge in [-0.1, -0.05) is 30.3 Å². The molecule has 0 saturated carbocycles. The van der Waals surface area contributed by atoms with Gasteiger partial charge in [0.05, 0.1) is 11.1 Å². The normalized spacial score (nSPS) is 13.0. The first-order chi connectivity index (χ1) is 10.1. The van der Waals surface area contributed by atoms with Crippen LogP contribution in [0.15, 0.2) is 41.9 Å². The summed E-state index contributed by atoms with van der Waals surface area (Å²) in [6, 6.07) is 10.6. The molecule has 1 N–H and O–H groups in total. The molecule has 2 rings (SSSR count). The van der Waals surface area contributed by atoms with Crippen molar-refractivity contribution in [1.82, 2.24) is 9.88 Å². The van der Waals surface area contributed by atoms with E-state index in [1.807, 2.05) is 29.8 Å². The van der Waals surface area contributed by atoms with Gasteiger partial charge < -0.3 is 5.11 Å². The maximum atomic E-state index is 10.3. The zero-order chi connectivity index (χ0) is 15.1. The van der Waals surface area contributed by atoms with Gasteiger partial charge in [-0.15, -0.1) is 11.3 Å². The van der Waals surface area contributed by atoms with Gasteiger partial charge in [-0.25, -0.2) is 4.98 Å². The smallest absolute Gasteiger partial charge is 0.0937 e. The Bertz CT molecular complexity index is 499. The van der Waals surface area contributed by atoms with Gasteiger partial charge in [0.15, 0.2) is 0 Å². The summed E-state index contributed by atoms with van der Waals surface area (Å²) in [5.74, 6) is 0. The first-order valence-electron chi connectivity index (χ1n) is 7.49. The highest BCUT2D eigenvalue weighted by Crippen LogP contribution is 2.10. The van der Waals surface area contributed by atoms with Crippen LogP contribution in [-0.4, -0.2) is 40.2 Å². The maximum Gasteiger partial charge on any atom is 0.0937 e. The van der Waals surface area contributed by atoms with Crippen LogP contribution in [-0.2, 0) is 12.8 Å². The van der Waals surface area contributed by atoms with Crippen LogP contribution in [0.1, 0.15) is 24.4 Å². The van der Waals surface area contributed by atoms with Crippen LogP contribution >= 0.6 is 11.3 Å². The molecule has 21 heavy (non-hydrogen) atoms. The molecular weight excluding hydrogens is 280 g/mol. The Morgan fingerprint density at radius 1 is 1.24 bits per heavy atom. The molecule has 1 aromatic carbocycles. The van der Waals surface area contributed by atoms with E-state index in [0.29, 0.717) is 19.0 Å². The Morgan fingerprint density at radius 3 is 2.62 bits per heavy atom. The monoisotopic (exact) mass is 304 g/mol.